The summed E-state index contributed by atoms with van der Waals surface area (Å²) in [5.41, 5.74) is 0.141. The predicted molar refractivity (Wildman–Crippen MR) is 121 cm³/mol. The highest BCUT2D eigenvalue weighted by atomic mass is 32.2. The fourth-order valence-corrected chi connectivity index (χ4v) is 10.4. The van der Waals surface area contributed by atoms with Gasteiger partial charge < -0.3 is 9.90 Å². The molecule has 0 amide bonds. The molecule has 4 aliphatic rings. The number of Topliss-reactive ketones (excluding diaryl/α,β-unsaturated/α-hetero) is 1. The van der Waals surface area contributed by atoms with E-state index >= 15 is 0 Å². The fourth-order valence-electron chi connectivity index (χ4n) is 9.10. The van der Waals surface area contributed by atoms with Crippen LogP contribution in [0.25, 0.3) is 0 Å². The first-order valence-electron chi connectivity index (χ1n) is 12.5. The van der Waals surface area contributed by atoms with Crippen LogP contribution in [0.15, 0.2) is 0 Å². The van der Waals surface area contributed by atoms with E-state index in [2.05, 4.69) is 20.8 Å². The van der Waals surface area contributed by atoms with Gasteiger partial charge >= 0.3 is 0 Å². The van der Waals surface area contributed by atoms with E-state index in [9.17, 15) is 22.9 Å². The van der Waals surface area contributed by atoms with Crippen molar-refractivity contribution in [1.82, 2.24) is 0 Å². The summed E-state index contributed by atoms with van der Waals surface area (Å²) in [7, 11) is -4.14. The van der Waals surface area contributed by atoms with Gasteiger partial charge in [0.05, 0.1) is 11.4 Å². The van der Waals surface area contributed by atoms with Gasteiger partial charge in [-0.15, -0.1) is 0 Å². The van der Waals surface area contributed by atoms with Crippen molar-refractivity contribution >= 4 is 15.9 Å². The minimum Gasteiger partial charge on any atom is -0.393 e. The average molecular weight is 455 g/mol. The van der Waals surface area contributed by atoms with Crippen molar-refractivity contribution in [3.63, 3.8) is 0 Å². The number of carbonyl (C=O) groups excluding carboxylic acids is 1. The summed E-state index contributed by atoms with van der Waals surface area (Å²) in [5, 5.41) is 9.59. The lowest BCUT2D eigenvalue weighted by Gasteiger charge is -2.62. The molecule has 10 atom stereocenters. The molecular weight excluding hydrogens is 412 g/mol. The Kier molecular flexibility index (Phi) is 6.18. The Labute approximate surface area is 188 Å². The Morgan fingerprint density at radius 3 is 2.32 bits per heavy atom. The van der Waals surface area contributed by atoms with Crippen LogP contribution in [-0.4, -0.2) is 35.2 Å². The zero-order valence-electron chi connectivity index (χ0n) is 19.7. The van der Waals surface area contributed by atoms with Crippen molar-refractivity contribution in [3.8, 4) is 0 Å². The van der Waals surface area contributed by atoms with Crippen LogP contribution in [0.2, 0.25) is 0 Å². The molecule has 0 aromatic heterocycles. The van der Waals surface area contributed by atoms with E-state index in [1.807, 2.05) is 0 Å². The molecule has 1 unspecified atom stereocenters. The molecule has 0 aliphatic heterocycles. The van der Waals surface area contributed by atoms with Crippen LogP contribution >= 0.6 is 0 Å². The van der Waals surface area contributed by atoms with Crippen molar-refractivity contribution in [2.24, 2.45) is 46.3 Å². The van der Waals surface area contributed by atoms with Crippen LogP contribution < -0.4 is 0 Å². The van der Waals surface area contributed by atoms with E-state index in [0.717, 1.165) is 44.9 Å². The molecule has 31 heavy (non-hydrogen) atoms. The molecule has 0 aromatic rings. The molecule has 4 saturated carbocycles. The maximum atomic E-state index is 12.6. The summed E-state index contributed by atoms with van der Waals surface area (Å²) in [6.07, 6.45) is 8.37. The zero-order valence-corrected chi connectivity index (χ0v) is 20.5. The first kappa shape index (κ1) is 23.7. The van der Waals surface area contributed by atoms with E-state index in [-0.39, 0.29) is 34.6 Å². The van der Waals surface area contributed by atoms with Gasteiger partial charge in [0.2, 0.25) is 0 Å². The smallest absolute Gasteiger partial charge is 0.268 e. The second-order valence-electron chi connectivity index (χ2n) is 12.2. The molecule has 5 nitrogen and oxygen atoms in total. The van der Waals surface area contributed by atoms with Gasteiger partial charge in [0.25, 0.3) is 10.1 Å². The average Bonchev–Trinajstić information content (AvgIpc) is 3.02. The van der Waals surface area contributed by atoms with Crippen LogP contribution in [0.1, 0.15) is 91.9 Å². The second-order valence-corrected chi connectivity index (χ2v) is 13.8. The number of aliphatic hydroxyl groups is 1. The second kappa shape index (κ2) is 8.09. The highest BCUT2D eigenvalue weighted by Gasteiger charge is 2.64. The summed E-state index contributed by atoms with van der Waals surface area (Å²) >= 11 is 0. The number of hydrogen-bond acceptors (Lipinski definition) is 4. The van der Waals surface area contributed by atoms with Crippen LogP contribution in [0.5, 0.6) is 0 Å². The Morgan fingerprint density at radius 1 is 1.03 bits per heavy atom. The minimum absolute atomic E-state index is 0.00949. The molecular formula is C25H42O5S. The van der Waals surface area contributed by atoms with E-state index in [1.54, 1.807) is 6.92 Å². The maximum absolute atomic E-state index is 12.6. The van der Waals surface area contributed by atoms with E-state index in [0.29, 0.717) is 42.9 Å². The molecule has 0 spiro atoms. The summed E-state index contributed by atoms with van der Waals surface area (Å²) in [6, 6.07) is 0. The lowest BCUT2D eigenvalue weighted by molar-refractivity contribution is -0.128. The van der Waals surface area contributed by atoms with Crippen molar-refractivity contribution in [3.05, 3.63) is 0 Å². The van der Waals surface area contributed by atoms with Crippen molar-refractivity contribution in [2.75, 3.05) is 0 Å². The predicted octanol–water partition coefficient (Wildman–Crippen LogP) is 4.88. The molecule has 2 N–H and O–H groups in total. The highest BCUT2D eigenvalue weighted by Crippen LogP contribution is 2.69. The molecule has 0 bridgehead atoms. The third-order valence-electron chi connectivity index (χ3n) is 10.7. The van der Waals surface area contributed by atoms with Crippen LogP contribution in [0, 0.1) is 46.3 Å². The van der Waals surface area contributed by atoms with Crippen molar-refractivity contribution < 1.29 is 22.9 Å². The summed E-state index contributed by atoms with van der Waals surface area (Å²) in [6.45, 7) is 8.64. The van der Waals surface area contributed by atoms with Crippen LogP contribution in [0.3, 0.4) is 0 Å². The third kappa shape index (κ3) is 3.93. The van der Waals surface area contributed by atoms with E-state index < -0.39 is 15.4 Å². The van der Waals surface area contributed by atoms with Crippen LogP contribution in [0.4, 0.5) is 0 Å². The molecule has 0 heterocycles. The Balaban J connectivity index is 1.66. The van der Waals surface area contributed by atoms with Crippen molar-refractivity contribution in [2.45, 2.75) is 103 Å². The zero-order chi connectivity index (χ0) is 22.8. The molecule has 0 saturated heterocycles. The summed E-state index contributed by atoms with van der Waals surface area (Å²) in [4.78, 5) is 11.5. The Hall–Kier alpha value is -0.460. The van der Waals surface area contributed by atoms with Gasteiger partial charge in [-0.25, -0.2) is 0 Å². The molecule has 0 aromatic carbocycles. The molecule has 4 rings (SSSR count). The Morgan fingerprint density at radius 2 is 1.68 bits per heavy atom. The van der Waals surface area contributed by atoms with Gasteiger partial charge in [0.1, 0.15) is 5.78 Å². The number of aliphatic hydroxyl groups excluding tert-OH is 1. The first-order valence-corrected chi connectivity index (χ1v) is 14.0. The SMILES string of the molecule is CC(=O)CC[C@@H](C)[C@H]1CC[C@H]2[C@@H]3C(S(=O)(=O)O)C[C@@H]4C[C@H](O)CC[C@]4(C)[C@H]3CC[C@]12C. The lowest BCUT2D eigenvalue weighted by atomic mass is 9.44. The van der Waals surface area contributed by atoms with Gasteiger partial charge in [0, 0.05) is 6.42 Å². The number of rotatable bonds is 5. The number of carbonyl (C=O) groups is 1. The van der Waals surface area contributed by atoms with Gasteiger partial charge in [-0.05, 0) is 111 Å². The van der Waals surface area contributed by atoms with Gasteiger partial charge in [-0.2, -0.15) is 8.42 Å². The highest BCUT2D eigenvalue weighted by molar-refractivity contribution is 7.86. The number of ketones is 1. The van der Waals surface area contributed by atoms with Crippen molar-refractivity contribution in [1.29, 1.82) is 0 Å². The first-order chi connectivity index (χ1) is 14.4. The maximum Gasteiger partial charge on any atom is 0.268 e. The molecule has 6 heteroatoms. The van der Waals surface area contributed by atoms with Crippen LogP contribution in [-0.2, 0) is 14.9 Å². The molecule has 4 aliphatic carbocycles. The normalized spacial score (nSPS) is 48.4. The van der Waals surface area contributed by atoms with E-state index in [1.165, 1.54) is 0 Å². The molecule has 4 fully saturated rings. The minimum atomic E-state index is -4.14. The fraction of sp³-hybridized carbons (Fsp3) is 0.960. The quantitative estimate of drug-likeness (QED) is 0.578. The summed E-state index contributed by atoms with van der Waals surface area (Å²) < 4.78 is 35.6. The monoisotopic (exact) mass is 454 g/mol. The lowest BCUT2D eigenvalue weighted by Crippen LogP contribution is -2.60. The standard InChI is InChI=1S/C25H42O5S/c1-15(5-6-16(2)26)19-7-8-20-23-21(10-12-25(19,20)4)24(3)11-9-18(27)13-17(24)14-22(23)31(28,29)30/h15,17-23,27H,5-14H2,1-4H3,(H,28,29,30)/t15-,17+,18-,19-,20+,21+,22?,23+,24+,25-/m1/s1. The molecule has 0 radical (unpaired) electrons. The van der Waals surface area contributed by atoms with E-state index in [4.69, 9.17) is 0 Å². The number of hydrogen-bond donors (Lipinski definition) is 2. The summed E-state index contributed by atoms with van der Waals surface area (Å²) in [5.74, 6) is 2.00. The van der Waals surface area contributed by atoms with Gasteiger partial charge in [-0.3, -0.25) is 4.55 Å². The Bertz CT molecular complexity index is 809. The largest absolute Gasteiger partial charge is 0.393 e. The number of fused-ring (bicyclic) bond motifs is 5. The van der Waals surface area contributed by atoms with Gasteiger partial charge in [0.15, 0.2) is 0 Å². The third-order valence-corrected chi connectivity index (χ3v) is 12.0. The molecule has 178 valence electrons. The topological polar surface area (TPSA) is 91.7 Å². The van der Waals surface area contributed by atoms with Gasteiger partial charge in [-0.1, -0.05) is 20.8 Å².